The minimum absolute atomic E-state index is 0.295. The lowest BCUT2D eigenvalue weighted by Gasteiger charge is -2.07. The highest BCUT2D eigenvalue weighted by Crippen LogP contribution is 2.27. The van der Waals surface area contributed by atoms with E-state index in [0.717, 1.165) is 28.8 Å². The second-order valence-corrected chi connectivity index (χ2v) is 4.89. The summed E-state index contributed by atoms with van der Waals surface area (Å²) in [5.74, 6) is 1.24. The van der Waals surface area contributed by atoms with Gasteiger partial charge in [-0.15, -0.1) is 10.2 Å². The fraction of sp³-hybridized carbons (Fsp3) is 0.333. The van der Waals surface area contributed by atoms with Gasteiger partial charge in [-0.1, -0.05) is 12.1 Å². The number of phenols is 1. The van der Waals surface area contributed by atoms with E-state index in [1.54, 1.807) is 6.33 Å². The Hall–Kier alpha value is -1.40. The number of aryl methyl sites for hydroxylation is 1. The van der Waals surface area contributed by atoms with Crippen molar-refractivity contribution in [2.24, 2.45) is 7.05 Å². The number of phenolic OH excluding ortho intramolecular Hbond substituents is 1. The van der Waals surface area contributed by atoms with E-state index in [1.165, 1.54) is 0 Å². The second kappa shape index (κ2) is 5.97. The fourth-order valence-corrected chi connectivity index (χ4v) is 2.07. The zero-order chi connectivity index (χ0) is 13.0. The van der Waals surface area contributed by atoms with Crippen molar-refractivity contribution in [3.05, 3.63) is 40.4 Å². The summed E-state index contributed by atoms with van der Waals surface area (Å²) in [6.07, 6.45) is 2.50. The Morgan fingerprint density at radius 2 is 2.28 bits per heavy atom. The van der Waals surface area contributed by atoms with Crippen LogP contribution in [0.3, 0.4) is 0 Å². The molecular weight excluding hydrogens is 296 g/mol. The van der Waals surface area contributed by atoms with Crippen molar-refractivity contribution < 1.29 is 5.11 Å². The number of hydrogen-bond donors (Lipinski definition) is 2. The van der Waals surface area contributed by atoms with Crippen LogP contribution >= 0.6 is 15.9 Å². The summed E-state index contributed by atoms with van der Waals surface area (Å²) in [6.45, 7) is 1.42. The number of aromatic hydroxyl groups is 1. The van der Waals surface area contributed by atoms with E-state index >= 15 is 0 Å². The summed E-state index contributed by atoms with van der Waals surface area (Å²) in [6, 6.07) is 5.62. The van der Waals surface area contributed by atoms with Gasteiger partial charge in [0.2, 0.25) is 0 Å². The zero-order valence-electron chi connectivity index (χ0n) is 10.1. The highest BCUT2D eigenvalue weighted by Gasteiger charge is 2.04. The third-order valence-corrected chi connectivity index (χ3v) is 3.36. The van der Waals surface area contributed by atoms with Gasteiger partial charge in [-0.3, -0.25) is 0 Å². The van der Waals surface area contributed by atoms with Crippen LogP contribution < -0.4 is 5.32 Å². The molecule has 0 atom stereocenters. The maximum atomic E-state index is 9.81. The van der Waals surface area contributed by atoms with Crippen molar-refractivity contribution in [2.75, 3.05) is 6.54 Å². The van der Waals surface area contributed by atoms with Crippen LogP contribution in [-0.2, 0) is 20.0 Å². The summed E-state index contributed by atoms with van der Waals surface area (Å²) in [4.78, 5) is 0. The first-order valence-electron chi connectivity index (χ1n) is 5.68. The Labute approximate surface area is 114 Å². The van der Waals surface area contributed by atoms with E-state index in [9.17, 15) is 5.11 Å². The molecular formula is C12H15BrN4O. The number of rotatable bonds is 5. The van der Waals surface area contributed by atoms with Gasteiger partial charge in [0.15, 0.2) is 0 Å². The van der Waals surface area contributed by atoms with Crippen LogP contribution in [0.25, 0.3) is 0 Å². The van der Waals surface area contributed by atoms with Crippen LogP contribution in [0.2, 0.25) is 0 Å². The van der Waals surface area contributed by atoms with E-state index in [2.05, 4.69) is 31.4 Å². The lowest BCUT2D eigenvalue weighted by atomic mass is 10.2. The molecule has 0 unspecified atom stereocenters. The molecule has 2 aromatic rings. The Morgan fingerprint density at radius 3 is 3.00 bits per heavy atom. The van der Waals surface area contributed by atoms with Gasteiger partial charge in [0.05, 0.1) is 4.47 Å². The summed E-state index contributed by atoms with van der Waals surface area (Å²) in [7, 11) is 1.93. The molecule has 0 aliphatic rings. The number of hydrogen-bond acceptors (Lipinski definition) is 4. The summed E-state index contributed by atoms with van der Waals surface area (Å²) in [5, 5.41) is 20.9. The largest absolute Gasteiger partial charge is 0.506 e. The molecule has 1 aromatic heterocycles. The molecule has 0 aliphatic heterocycles. The monoisotopic (exact) mass is 310 g/mol. The lowest BCUT2D eigenvalue weighted by Crippen LogP contribution is -2.18. The van der Waals surface area contributed by atoms with E-state index in [-0.39, 0.29) is 0 Å². The average molecular weight is 311 g/mol. The third-order valence-electron chi connectivity index (χ3n) is 2.72. The molecule has 0 radical (unpaired) electrons. The van der Waals surface area contributed by atoms with Crippen molar-refractivity contribution in [1.29, 1.82) is 0 Å². The van der Waals surface area contributed by atoms with Crippen LogP contribution in [0.15, 0.2) is 29.0 Å². The molecule has 0 amide bonds. The van der Waals surface area contributed by atoms with Gasteiger partial charge in [0.1, 0.15) is 17.9 Å². The maximum Gasteiger partial charge on any atom is 0.134 e. The Morgan fingerprint density at radius 1 is 1.44 bits per heavy atom. The molecule has 18 heavy (non-hydrogen) atoms. The summed E-state index contributed by atoms with van der Waals surface area (Å²) >= 11 is 3.30. The lowest BCUT2D eigenvalue weighted by molar-refractivity contribution is 0.461. The molecule has 0 fully saturated rings. The molecule has 0 saturated heterocycles. The highest BCUT2D eigenvalue weighted by atomic mass is 79.9. The number of nitrogens with zero attached hydrogens (tertiary/aromatic N) is 3. The average Bonchev–Trinajstić information content (AvgIpc) is 2.76. The Bertz CT molecular complexity index is 527. The van der Waals surface area contributed by atoms with Gasteiger partial charge in [-0.2, -0.15) is 0 Å². The smallest absolute Gasteiger partial charge is 0.134 e. The van der Waals surface area contributed by atoms with Crippen LogP contribution in [0.4, 0.5) is 0 Å². The van der Waals surface area contributed by atoms with Crippen molar-refractivity contribution in [1.82, 2.24) is 20.1 Å². The molecule has 0 bridgehead atoms. The first-order chi connectivity index (χ1) is 8.68. The quantitative estimate of drug-likeness (QED) is 0.824. The molecule has 1 heterocycles. The van der Waals surface area contributed by atoms with Crippen molar-refractivity contribution in [3.63, 3.8) is 0 Å². The topological polar surface area (TPSA) is 63.0 Å². The van der Waals surface area contributed by atoms with Gasteiger partial charge in [-0.05, 0) is 22.0 Å². The van der Waals surface area contributed by atoms with Gasteiger partial charge < -0.3 is 15.0 Å². The minimum atomic E-state index is 0.295. The molecule has 0 saturated carbocycles. The van der Waals surface area contributed by atoms with Gasteiger partial charge in [0.25, 0.3) is 0 Å². The Kier molecular flexibility index (Phi) is 4.33. The highest BCUT2D eigenvalue weighted by molar-refractivity contribution is 9.10. The van der Waals surface area contributed by atoms with Gasteiger partial charge in [0, 0.05) is 32.1 Å². The van der Waals surface area contributed by atoms with Crippen LogP contribution in [0, 0.1) is 0 Å². The van der Waals surface area contributed by atoms with Gasteiger partial charge >= 0.3 is 0 Å². The van der Waals surface area contributed by atoms with E-state index in [4.69, 9.17) is 0 Å². The third kappa shape index (κ3) is 3.08. The summed E-state index contributed by atoms with van der Waals surface area (Å²) in [5.41, 5.74) is 0.877. The number of halogens is 1. The van der Waals surface area contributed by atoms with Crippen molar-refractivity contribution >= 4 is 15.9 Å². The molecule has 2 rings (SSSR count). The molecule has 2 N–H and O–H groups in total. The van der Waals surface area contributed by atoms with Gasteiger partial charge in [-0.25, -0.2) is 0 Å². The van der Waals surface area contributed by atoms with Crippen LogP contribution in [0.5, 0.6) is 5.75 Å². The zero-order valence-corrected chi connectivity index (χ0v) is 11.7. The van der Waals surface area contributed by atoms with Crippen molar-refractivity contribution in [2.45, 2.75) is 13.0 Å². The van der Waals surface area contributed by atoms with Crippen LogP contribution in [-0.4, -0.2) is 26.4 Å². The normalized spacial score (nSPS) is 10.8. The minimum Gasteiger partial charge on any atom is -0.506 e. The number of nitrogens with one attached hydrogen (secondary N) is 1. The molecule has 6 heteroatoms. The van der Waals surface area contributed by atoms with E-state index in [1.807, 2.05) is 29.8 Å². The summed E-state index contributed by atoms with van der Waals surface area (Å²) < 4.78 is 2.62. The van der Waals surface area contributed by atoms with E-state index in [0.29, 0.717) is 12.3 Å². The Balaban J connectivity index is 1.82. The molecule has 96 valence electrons. The predicted octanol–water partition coefficient (Wildman–Crippen LogP) is 1.62. The maximum absolute atomic E-state index is 9.81. The van der Waals surface area contributed by atoms with Crippen LogP contribution in [0.1, 0.15) is 11.4 Å². The standard InChI is InChI=1S/C12H15BrN4O/c1-17-8-15-16-11(17)5-6-14-7-9-3-2-4-10(13)12(9)18/h2-4,8,14,18H,5-7H2,1H3. The number of aromatic nitrogens is 3. The first-order valence-corrected chi connectivity index (χ1v) is 6.47. The van der Waals surface area contributed by atoms with E-state index < -0.39 is 0 Å². The second-order valence-electron chi connectivity index (χ2n) is 4.03. The molecule has 5 nitrogen and oxygen atoms in total. The molecule has 0 aliphatic carbocycles. The SMILES string of the molecule is Cn1cnnc1CCNCc1cccc(Br)c1O. The fourth-order valence-electron chi connectivity index (χ4n) is 1.66. The number of para-hydroxylation sites is 1. The predicted molar refractivity (Wildman–Crippen MR) is 72.2 cm³/mol. The molecule has 1 aromatic carbocycles. The number of benzene rings is 1. The first kappa shape index (κ1) is 13.0. The molecule has 0 spiro atoms. The van der Waals surface area contributed by atoms with Crippen molar-refractivity contribution in [3.8, 4) is 5.75 Å².